The van der Waals surface area contributed by atoms with Crippen LogP contribution in [0.15, 0.2) is 18.5 Å². The van der Waals surface area contributed by atoms with Crippen molar-refractivity contribution in [3.8, 4) is 0 Å². The first-order valence-electron chi connectivity index (χ1n) is 4.06. The highest BCUT2D eigenvalue weighted by atomic mass is 35.5. The van der Waals surface area contributed by atoms with E-state index in [-0.39, 0.29) is 5.91 Å². The number of halogens is 1. The zero-order chi connectivity index (χ0) is 10.1. The van der Waals surface area contributed by atoms with Crippen molar-refractivity contribution >= 4 is 28.4 Å². The Hall–Kier alpha value is -1.55. The smallest absolute Gasteiger partial charge is 0.267 e. The van der Waals surface area contributed by atoms with Crippen LogP contribution in [0.25, 0.3) is 10.9 Å². The highest BCUT2D eigenvalue weighted by molar-refractivity contribution is 6.35. The minimum absolute atomic E-state index is 0.169. The maximum atomic E-state index is 11.3. The van der Waals surface area contributed by atoms with Crippen LogP contribution in [0.3, 0.4) is 0 Å². The van der Waals surface area contributed by atoms with Crippen molar-refractivity contribution in [1.29, 1.82) is 0 Å². The lowest BCUT2D eigenvalue weighted by atomic mass is 10.3. The molecule has 0 spiro atoms. The molecule has 0 aliphatic rings. The van der Waals surface area contributed by atoms with Gasteiger partial charge in [0, 0.05) is 18.6 Å². The summed E-state index contributed by atoms with van der Waals surface area (Å²) in [4.78, 5) is 18.1. The largest absolute Gasteiger partial charge is 0.354 e. The van der Waals surface area contributed by atoms with E-state index in [1.165, 1.54) is 0 Å². The van der Waals surface area contributed by atoms with E-state index in [1.807, 2.05) is 0 Å². The number of carbonyl (C=O) groups is 1. The van der Waals surface area contributed by atoms with Crippen LogP contribution < -0.4 is 5.32 Å². The topological polar surface area (TPSA) is 57.8 Å². The van der Waals surface area contributed by atoms with Crippen LogP contribution in [0, 0.1) is 0 Å². The minimum atomic E-state index is -0.169. The molecule has 14 heavy (non-hydrogen) atoms. The summed E-state index contributed by atoms with van der Waals surface area (Å²) in [6.07, 6.45) is 3.18. The van der Waals surface area contributed by atoms with Gasteiger partial charge in [-0.3, -0.25) is 9.78 Å². The number of aromatic nitrogens is 2. The quantitative estimate of drug-likeness (QED) is 0.749. The fraction of sp³-hybridized carbons (Fsp3) is 0.111. The number of rotatable bonds is 1. The molecular weight excluding hydrogens is 202 g/mol. The van der Waals surface area contributed by atoms with Gasteiger partial charge in [-0.2, -0.15) is 0 Å². The molecule has 5 heteroatoms. The Morgan fingerprint density at radius 2 is 2.36 bits per heavy atom. The number of H-pyrrole nitrogens is 1. The number of nitrogens with zero attached hydrogens (tertiary/aromatic N) is 1. The summed E-state index contributed by atoms with van der Waals surface area (Å²) in [6.45, 7) is 0. The van der Waals surface area contributed by atoms with Gasteiger partial charge in [-0.05, 0) is 6.07 Å². The summed E-state index contributed by atoms with van der Waals surface area (Å²) in [7, 11) is 1.58. The number of nitrogens with one attached hydrogen (secondary N) is 2. The van der Waals surface area contributed by atoms with Crippen molar-refractivity contribution in [2.75, 3.05) is 7.05 Å². The molecule has 0 aliphatic heterocycles. The summed E-state index contributed by atoms with van der Waals surface area (Å²) < 4.78 is 0. The van der Waals surface area contributed by atoms with Crippen LogP contribution in [0.2, 0.25) is 5.02 Å². The van der Waals surface area contributed by atoms with Gasteiger partial charge in [0.2, 0.25) is 0 Å². The van der Waals surface area contributed by atoms with Crippen molar-refractivity contribution in [2.45, 2.75) is 0 Å². The first-order valence-corrected chi connectivity index (χ1v) is 4.44. The number of hydrogen-bond donors (Lipinski definition) is 2. The van der Waals surface area contributed by atoms with E-state index in [2.05, 4.69) is 15.3 Å². The highest BCUT2D eigenvalue weighted by Crippen LogP contribution is 2.22. The summed E-state index contributed by atoms with van der Waals surface area (Å²) in [5, 5.41) is 3.87. The average molecular weight is 210 g/mol. The van der Waals surface area contributed by atoms with E-state index in [9.17, 15) is 4.79 Å². The molecular formula is C9H8ClN3O. The predicted octanol–water partition coefficient (Wildman–Crippen LogP) is 1.58. The van der Waals surface area contributed by atoms with Gasteiger partial charge in [0.1, 0.15) is 5.69 Å². The Balaban J connectivity index is 2.62. The molecule has 2 rings (SSSR count). The fourth-order valence-electron chi connectivity index (χ4n) is 1.27. The fourth-order valence-corrected chi connectivity index (χ4v) is 1.49. The highest BCUT2D eigenvalue weighted by Gasteiger charge is 2.09. The number of fused-ring (bicyclic) bond motifs is 1. The van der Waals surface area contributed by atoms with E-state index < -0.39 is 0 Å². The van der Waals surface area contributed by atoms with E-state index in [4.69, 9.17) is 11.6 Å². The Morgan fingerprint density at radius 3 is 3.00 bits per heavy atom. The summed E-state index contributed by atoms with van der Waals surface area (Å²) >= 11 is 5.90. The Labute approximate surface area is 85.3 Å². The van der Waals surface area contributed by atoms with Crippen LogP contribution in [0.1, 0.15) is 10.5 Å². The number of amides is 1. The standard InChI is InChI=1S/C9H8ClN3O/c1-11-9(14)7-2-5-6(10)3-12-4-8(5)13-7/h2-4,13H,1H3,(H,11,14). The van der Waals surface area contributed by atoms with Gasteiger partial charge in [0.15, 0.2) is 0 Å². The van der Waals surface area contributed by atoms with Gasteiger partial charge in [0.25, 0.3) is 5.91 Å². The Morgan fingerprint density at radius 1 is 1.57 bits per heavy atom. The predicted molar refractivity (Wildman–Crippen MR) is 54.5 cm³/mol. The SMILES string of the molecule is CNC(=O)c1cc2c(Cl)cncc2[nH]1. The molecule has 2 heterocycles. The Bertz CT molecular complexity index is 492. The lowest BCUT2D eigenvalue weighted by Gasteiger charge is -1.92. The molecule has 0 aromatic carbocycles. The first-order chi connectivity index (χ1) is 6.72. The molecule has 1 amide bonds. The number of carbonyl (C=O) groups excluding carboxylic acids is 1. The van der Waals surface area contributed by atoms with Gasteiger partial charge in [0.05, 0.1) is 16.7 Å². The Kier molecular flexibility index (Phi) is 2.13. The van der Waals surface area contributed by atoms with Crippen LogP contribution in [-0.2, 0) is 0 Å². The molecule has 72 valence electrons. The van der Waals surface area contributed by atoms with E-state index in [0.717, 1.165) is 10.9 Å². The summed E-state index contributed by atoms with van der Waals surface area (Å²) in [5.74, 6) is -0.169. The lowest BCUT2D eigenvalue weighted by Crippen LogP contribution is -2.17. The third-order valence-corrected chi connectivity index (χ3v) is 2.27. The second-order valence-corrected chi connectivity index (χ2v) is 3.25. The lowest BCUT2D eigenvalue weighted by molar-refractivity contribution is 0.0959. The molecule has 2 aromatic rings. The third-order valence-electron chi connectivity index (χ3n) is 1.97. The summed E-state index contributed by atoms with van der Waals surface area (Å²) in [5.41, 5.74) is 1.24. The monoisotopic (exact) mass is 209 g/mol. The van der Waals surface area contributed by atoms with Gasteiger partial charge in [-0.25, -0.2) is 0 Å². The zero-order valence-corrected chi connectivity index (χ0v) is 8.22. The van der Waals surface area contributed by atoms with Crippen molar-refractivity contribution in [3.63, 3.8) is 0 Å². The van der Waals surface area contributed by atoms with Crippen molar-refractivity contribution < 1.29 is 4.79 Å². The molecule has 0 saturated heterocycles. The number of hydrogen-bond acceptors (Lipinski definition) is 2. The molecule has 4 nitrogen and oxygen atoms in total. The van der Waals surface area contributed by atoms with E-state index in [1.54, 1.807) is 25.5 Å². The molecule has 0 radical (unpaired) electrons. The number of aromatic amines is 1. The van der Waals surface area contributed by atoms with Crippen molar-refractivity contribution in [3.05, 3.63) is 29.2 Å². The molecule has 0 unspecified atom stereocenters. The van der Waals surface area contributed by atoms with Gasteiger partial charge in [-0.15, -0.1) is 0 Å². The van der Waals surface area contributed by atoms with E-state index in [0.29, 0.717) is 10.7 Å². The van der Waals surface area contributed by atoms with Crippen molar-refractivity contribution in [1.82, 2.24) is 15.3 Å². The third kappa shape index (κ3) is 1.33. The zero-order valence-electron chi connectivity index (χ0n) is 7.47. The second kappa shape index (κ2) is 3.31. The van der Waals surface area contributed by atoms with Crippen LogP contribution in [0.4, 0.5) is 0 Å². The minimum Gasteiger partial charge on any atom is -0.354 e. The second-order valence-electron chi connectivity index (χ2n) is 2.84. The molecule has 0 bridgehead atoms. The van der Waals surface area contributed by atoms with Crippen LogP contribution >= 0.6 is 11.6 Å². The molecule has 2 aromatic heterocycles. The normalized spacial score (nSPS) is 10.4. The van der Waals surface area contributed by atoms with Crippen molar-refractivity contribution in [2.24, 2.45) is 0 Å². The first kappa shape index (κ1) is 9.02. The molecule has 0 fully saturated rings. The maximum absolute atomic E-state index is 11.3. The van der Waals surface area contributed by atoms with Gasteiger partial charge in [-0.1, -0.05) is 11.6 Å². The maximum Gasteiger partial charge on any atom is 0.267 e. The van der Waals surface area contributed by atoms with Crippen LogP contribution in [0.5, 0.6) is 0 Å². The van der Waals surface area contributed by atoms with Gasteiger partial charge < -0.3 is 10.3 Å². The average Bonchev–Trinajstić information content (AvgIpc) is 2.62. The molecule has 0 aliphatic carbocycles. The summed E-state index contributed by atoms with van der Waals surface area (Å²) in [6, 6.07) is 1.71. The number of pyridine rings is 1. The molecule has 2 N–H and O–H groups in total. The molecule has 0 atom stereocenters. The van der Waals surface area contributed by atoms with Gasteiger partial charge >= 0.3 is 0 Å². The van der Waals surface area contributed by atoms with Crippen LogP contribution in [-0.4, -0.2) is 22.9 Å². The molecule has 0 saturated carbocycles. The van der Waals surface area contributed by atoms with E-state index >= 15 is 0 Å².